The number of piperidine rings is 1. The topological polar surface area (TPSA) is 51.0 Å². The van der Waals surface area contributed by atoms with Crippen LogP contribution in [0.15, 0.2) is 28.8 Å². The number of nitrogens with zero attached hydrogens (tertiary/aromatic N) is 2. The largest absolute Gasteiger partial charge is 0.339 e. The molecule has 19 heavy (non-hydrogen) atoms. The summed E-state index contributed by atoms with van der Waals surface area (Å²) in [4.78, 5) is 4.34. The molecule has 5 heteroatoms. The molecule has 100 valence electrons. The smallest absolute Gasteiger partial charge is 0.227 e. The van der Waals surface area contributed by atoms with Crippen molar-refractivity contribution in [2.24, 2.45) is 5.92 Å². The molecule has 0 amide bonds. The normalized spacial score (nSPS) is 19.5. The van der Waals surface area contributed by atoms with E-state index < -0.39 is 0 Å². The average Bonchev–Trinajstić information content (AvgIpc) is 2.88. The number of rotatable bonds is 3. The summed E-state index contributed by atoms with van der Waals surface area (Å²) in [6, 6.07) is 6.24. The highest BCUT2D eigenvalue weighted by Crippen LogP contribution is 2.20. The second-order valence-electron chi connectivity index (χ2n) is 4.94. The van der Waals surface area contributed by atoms with E-state index in [1.807, 2.05) is 0 Å². The first-order chi connectivity index (χ1) is 9.31. The fourth-order valence-electron chi connectivity index (χ4n) is 2.43. The first kappa shape index (κ1) is 12.3. The molecule has 1 atom stereocenters. The molecule has 0 bridgehead atoms. The monoisotopic (exact) mass is 261 g/mol. The van der Waals surface area contributed by atoms with Gasteiger partial charge in [-0.25, -0.2) is 4.39 Å². The van der Waals surface area contributed by atoms with E-state index >= 15 is 0 Å². The quantitative estimate of drug-likeness (QED) is 0.922. The van der Waals surface area contributed by atoms with Gasteiger partial charge in [-0.1, -0.05) is 17.3 Å². The summed E-state index contributed by atoms with van der Waals surface area (Å²) in [6.07, 6.45) is 3.16. The molecule has 4 nitrogen and oxygen atoms in total. The Labute approximate surface area is 111 Å². The highest BCUT2D eigenvalue weighted by atomic mass is 19.1. The Morgan fingerprint density at radius 1 is 1.42 bits per heavy atom. The van der Waals surface area contributed by atoms with Gasteiger partial charge in [0.25, 0.3) is 0 Å². The van der Waals surface area contributed by atoms with Gasteiger partial charge in [0.2, 0.25) is 11.7 Å². The summed E-state index contributed by atoms with van der Waals surface area (Å²) >= 11 is 0. The second kappa shape index (κ2) is 5.48. The fourth-order valence-corrected chi connectivity index (χ4v) is 2.43. The van der Waals surface area contributed by atoms with Crippen LogP contribution in [0.5, 0.6) is 0 Å². The van der Waals surface area contributed by atoms with Crippen molar-refractivity contribution >= 4 is 0 Å². The van der Waals surface area contributed by atoms with Crippen molar-refractivity contribution in [2.45, 2.75) is 19.3 Å². The maximum Gasteiger partial charge on any atom is 0.227 e. The zero-order valence-corrected chi connectivity index (χ0v) is 10.6. The number of benzene rings is 1. The van der Waals surface area contributed by atoms with E-state index in [0.29, 0.717) is 23.2 Å². The van der Waals surface area contributed by atoms with Gasteiger partial charge >= 0.3 is 0 Å². The van der Waals surface area contributed by atoms with Crippen molar-refractivity contribution in [3.8, 4) is 11.4 Å². The number of aromatic nitrogens is 2. The van der Waals surface area contributed by atoms with E-state index in [0.717, 1.165) is 19.5 Å². The first-order valence-electron chi connectivity index (χ1n) is 6.60. The lowest BCUT2D eigenvalue weighted by molar-refractivity contribution is 0.316. The van der Waals surface area contributed by atoms with Crippen molar-refractivity contribution < 1.29 is 8.91 Å². The van der Waals surface area contributed by atoms with Gasteiger partial charge in [0, 0.05) is 12.0 Å². The third-order valence-electron chi connectivity index (χ3n) is 3.41. The third-order valence-corrected chi connectivity index (χ3v) is 3.41. The summed E-state index contributed by atoms with van der Waals surface area (Å²) in [5.41, 5.74) is 0.650. The molecular weight excluding hydrogens is 245 g/mol. The maximum atomic E-state index is 13.1. The average molecular weight is 261 g/mol. The molecule has 0 radical (unpaired) electrons. The highest BCUT2D eigenvalue weighted by molar-refractivity contribution is 5.53. The summed E-state index contributed by atoms with van der Waals surface area (Å²) in [6.45, 7) is 2.09. The van der Waals surface area contributed by atoms with Gasteiger partial charge in [0.15, 0.2) is 0 Å². The molecule has 1 unspecified atom stereocenters. The van der Waals surface area contributed by atoms with E-state index in [-0.39, 0.29) is 5.82 Å². The van der Waals surface area contributed by atoms with Crippen molar-refractivity contribution in [3.05, 3.63) is 36.0 Å². The van der Waals surface area contributed by atoms with Crippen LogP contribution < -0.4 is 5.32 Å². The van der Waals surface area contributed by atoms with E-state index in [9.17, 15) is 4.39 Å². The van der Waals surface area contributed by atoms with Crippen LogP contribution in [0.2, 0.25) is 0 Å². The van der Waals surface area contributed by atoms with Gasteiger partial charge in [-0.05, 0) is 44.0 Å². The lowest BCUT2D eigenvalue weighted by Crippen LogP contribution is -2.30. The summed E-state index contributed by atoms with van der Waals surface area (Å²) in [5.74, 6) is 1.35. The SMILES string of the molecule is Fc1cccc(-c2noc(CC3CCCNC3)n2)c1. The van der Waals surface area contributed by atoms with Gasteiger partial charge in [0.05, 0.1) is 0 Å². The van der Waals surface area contributed by atoms with E-state index in [4.69, 9.17) is 4.52 Å². The van der Waals surface area contributed by atoms with Gasteiger partial charge in [-0.15, -0.1) is 0 Å². The van der Waals surface area contributed by atoms with E-state index in [1.165, 1.54) is 25.0 Å². The minimum absolute atomic E-state index is 0.291. The minimum Gasteiger partial charge on any atom is -0.339 e. The van der Waals surface area contributed by atoms with E-state index in [2.05, 4.69) is 15.5 Å². The molecule has 0 aliphatic carbocycles. The fraction of sp³-hybridized carbons (Fsp3) is 0.429. The van der Waals surface area contributed by atoms with Crippen LogP contribution in [0.1, 0.15) is 18.7 Å². The molecule has 1 aromatic heterocycles. The Kier molecular flexibility index (Phi) is 3.55. The van der Waals surface area contributed by atoms with Crippen LogP contribution in [0.25, 0.3) is 11.4 Å². The zero-order valence-electron chi connectivity index (χ0n) is 10.6. The van der Waals surface area contributed by atoms with Gasteiger partial charge < -0.3 is 9.84 Å². The Morgan fingerprint density at radius 3 is 3.16 bits per heavy atom. The predicted molar refractivity (Wildman–Crippen MR) is 69.0 cm³/mol. The summed E-state index contributed by atoms with van der Waals surface area (Å²) in [5, 5.41) is 7.28. The summed E-state index contributed by atoms with van der Waals surface area (Å²) in [7, 11) is 0. The molecular formula is C14H16FN3O. The van der Waals surface area contributed by atoms with Gasteiger partial charge in [0.1, 0.15) is 5.82 Å². The molecule has 1 aliphatic rings. The Hall–Kier alpha value is -1.75. The van der Waals surface area contributed by atoms with Crippen LogP contribution in [0.4, 0.5) is 4.39 Å². The van der Waals surface area contributed by atoms with Crippen LogP contribution in [0.3, 0.4) is 0 Å². The van der Waals surface area contributed by atoms with Crippen LogP contribution >= 0.6 is 0 Å². The molecule has 1 aliphatic heterocycles. The molecule has 1 aromatic carbocycles. The third kappa shape index (κ3) is 2.98. The molecule has 1 fully saturated rings. The Morgan fingerprint density at radius 2 is 2.37 bits per heavy atom. The van der Waals surface area contributed by atoms with Crippen LogP contribution in [-0.4, -0.2) is 23.2 Å². The van der Waals surface area contributed by atoms with Crippen molar-refractivity contribution in [3.63, 3.8) is 0 Å². The van der Waals surface area contributed by atoms with Crippen molar-refractivity contribution in [1.29, 1.82) is 0 Å². The lowest BCUT2D eigenvalue weighted by atomic mass is 9.96. The van der Waals surface area contributed by atoms with Crippen LogP contribution in [0, 0.1) is 11.7 Å². The molecule has 3 rings (SSSR count). The van der Waals surface area contributed by atoms with Crippen LogP contribution in [-0.2, 0) is 6.42 Å². The maximum absolute atomic E-state index is 13.1. The molecule has 1 N–H and O–H groups in total. The first-order valence-corrected chi connectivity index (χ1v) is 6.60. The Balaban J connectivity index is 1.72. The lowest BCUT2D eigenvalue weighted by Gasteiger charge is -2.20. The van der Waals surface area contributed by atoms with Crippen molar-refractivity contribution in [2.75, 3.05) is 13.1 Å². The molecule has 0 spiro atoms. The zero-order chi connectivity index (χ0) is 13.1. The predicted octanol–water partition coefficient (Wildman–Crippen LogP) is 2.42. The van der Waals surface area contributed by atoms with Gasteiger partial charge in [-0.2, -0.15) is 4.98 Å². The van der Waals surface area contributed by atoms with E-state index in [1.54, 1.807) is 12.1 Å². The number of hydrogen-bond acceptors (Lipinski definition) is 4. The molecule has 2 aromatic rings. The minimum atomic E-state index is -0.291. The highest BCUT2D eigenvalue weighted by Gasteiger charge is 2.17. The second-order valence-corrected chi connectivity index (χ2v) is 4.94. The van der Waals surface area contributed by atoms with Gasteiger partial charge in [-0.3, -0.25) is 0 Å². The number of nitrogens with one attached hydrogen (secondary N) is 1. The molecule has 2 heterocycles. The van der Waals surface area contributed by atoms with Crippen molar-refractivity contribution in [1.82, 2.24) is 15.5 Å². The molecule has 1 saturated heterocycles. The molecule has 0 saturated carbocycles. The number of hydrogen-bond donors (Lipinski definition) is 1. The summed E-state index contributed by atoms with van der Waals surface area (Å²) < 4.78 is 18.4. The standard InChI is InChI=1S/C14H16FN3O/c15-12-5-1-4-11(8-12)14-17-13(19-18-14)7-10-3-2-6-16-9-10/h1,4-5,8,10,16H,2-3,6-7,9H2. The number of halogens is 1. The Bertz CT molecular complexity index is 549.